The van der Waals surface area contributed by atoms with Crippen LogP contribution in [0.1, 0.15) is 11.1 Å². The minimum atomic E-state index is -3.65. The molecule has 5 nitrogen and oxygen atoms in total. The van der Waals surface area contributed by atoms with Crippen LogP contribution in [0, 0.1) is 11.3 Å². The van der Waals surface area contributed by atoms with Crippen molar-refractivity contribution in [2.24, 2.45) is 0 Å². The molecule has 2 rings (SSSR count). The molecule has 0 unspecified atom stereocenters. The number of rotatable bonds is 7. The summed E-state index contributed by atoms with van der Waals surface area (Å²) in [6, 6.07) is 17.3. The van der Waals surface area contributed by atoms with E-state index in [1.807, 2.05) is 36.4 Å². The molecule has 0 aliphatic carbocycles. The van der Waals surface area contributed by atoms with Gasteiger partial charge in [-0.15, -0.1) is 0 Å². The average molecular weight is 330 g/mol. The second-order valence-corrected chi connectivity index (χ2v) is 6.89. The zero-order valence-corrected chi connectivity index (χ0v) is 13.7. The fourth-order valence-electron chi connectivity index (χ4n) is 2.11. The summed E-state index contributed by atoms with van der Waals surface area (Å²) in [5.74, 6) is 0. The Hall–Kier alpha value is -2.20. The van der Waals surface area contributed by atoms with Crippen LogP contribution in [0.4, 0.5) is 0 Å². The summed E-state index contributed by atoms with van der Waals surface area (Å²) in [7, 11) is -2.12. The fraction of sp³-hybridized carbons (Fsp3) is 0.235. The smallest absolute Gasteiger partial charge is 0.243 e. The van der Waals surface area contributed by atoms with Crippen molar-refractivity contribution in [2.45, 2.75) is 11.4 Å². The third-order valence-electron chi connectivity index (χ3n) is 3.37. The summed E-state index contributed by atoms with van der Waals surface area (Å²) in [5, 5.41) is 8.83. The minimum Gasteiger partial charge on any atom is -0.383 e. The van der Waals surface area contributed by atoms with E-state index in [4.69, 9.17) is 10.00 Å². The molecular formula is C17H18N2O3S. The Balaban J connectivity index is 2.30. The van der Waals surface area contributed by atoms with Crippen LogP contribution >= 0.6 is 0 Å². The molecule has 2 aromatic carbocycles. The maximum absolute atomic E-state index is 12.8. The zero-order valence-electron chi connectivity index (χ0n) is 12.8. The first-order chi connectivity index (χ1) is 11.1. The van der Waals surface area contributed by atoms with Crippen molar-refractivity contribution in [3.05, 3.63) is 65.7 Å². The molecule has 0 aromatic heterocycles. The molecule has 23 heavy (non-hydrogen) atoms. The molecule has 2 aromatic rings. The Bertz CT molecular complexity index is 766. The molecule has 0 saturated carbocycles. The molecule has 0 atom stereocenters. The van der Waals surface area contributed by atoms with Crippen LogP contribution in [0.25, 0.3) is 0 Å². The van der Waals surface area contributed by atoms with Crippen LogP contribution in [-0.2, 0) is 21.3 Å². The van der Waals surface area contributed by atoms with Gasteiger partial charge in [0.25, 0.3) is 0 Å². The predicted molar refractivity (Wildman–Crippen MR) is 87.1 cm³/mol. The SMILES string of the molecule is COCCN(Cc1ccccc1)S(=O)(=O)c1ccc(C#N)cc1. The number of benzene rings is 2. The summed E-state index contributed by atoms with van der Waals surface area (Å²) in [5.41, 5.74) is 1.33. The van der Waals surface area contributed by atoms with E-state index in [2.05, 4.69) is 0 Å². The standard InChI is InChI=1S/C17H18N2O3S/c1-22-12-11-19(14-16-5-3-2-4-6-16)23(20,21)17-9-7-15(13-18)8-10-17/h2-10H,11-12,14H2,1H3. The van der Waals surface area contributed by atoms with E-state index in [0.717, 1.165) is 5.56 Å². The highest BCUT2D eigenvalue weighted by Gasteiger charge is 2.24. The van der Waals surface area contributed by atoms with Gasteiger partial charge in [-0.05, 0) is 29.8 Å². The fourth-order valence-corrected chi connectivity index (χ4v) is 3.53. The van der Waals surface area contributed by atoms with Crippen molar-refractivity contribution < 1.29 is 13.2 Å². The predicted octanol–water partition coefficient (Wildman–Crippen LogP) is 2.40. The van der Waals surface area contributed by atoms with Crippen LogP contribution in [0.5, 0.6) is 0 Å². The lowest BCUT2D eigenvalue weighted by Gasteiger charge is -2.22. The first kappa shape index (κ1) is 17.2. The molecule has 0 aliphatic heterocycles. The van der Waals surface area contributed by atoms with Gasteiger partial charge >= 0.3 is 0 Å². The molecule has 0 N–H and O–H groups in total. The van der Waals surface area contributed by atoms with Crippen molar-refractivity contribution in [1.29, 1.82) is 5.26 Å². The van der Waals surface area contributed by atoms with E-state index in [1.54, 1.807) is 0 Å². The quantitative estimate of drug-likeness (QED) is 0.781. The molecule has 0 saturated heterocycles. The third-order valence-corrected chi connectivity index (χ3v) is 5.23. The van der Waals surface area contributed by atoms with Gasteiger partial charge in [0.1, 0.15) is 0 Å². The first-order valence-corrected chi connectivity index (χ1v) is 8.55. The van der Waals surface area contributed by atoms with Gasteiger partial charge in [-0.2, -0.15) is 9.57 Å². The van der Waals surface area contributed by atoms with Crippen molar-refractivity contribution in [3.63, 3.8) is 0 Å². The van der Waals surface area contributed by atoms with Gasteiger partial charge < -0.3 is 4.74 Å². The number of methoxy groups -OCH3 is 1. The summed E-state index contributed by atoms with van der Waals surface area (Å²) in [6.07, 6.45) is 0. The van der Waals surface area contributed by atoms with Gasteiger partial charge in [-0.25, -0.2) is 8.42 Å². The molecule has 120 valence electrons. The molecule has 0 spiro atoms. The number of nitriles is 1. The number of sulfonamides is 1. The van der Waals surface area contributed by atoms with Gasteiger partial charge in [-0.1, -0.05) is 30.3 Å². The third kappa shape index (κ3) is 4.39. The van der Waals surface area contributed by atoms with Crippen molar-refractivity contribution in [3.8, 4) is 6.07 Å². The summed E-state index contributed by atoms with van der Waals surface area (Å²) >= 11 is 0. The number of hydrogen-bond donors (Lipinski definition) is 0. The Morgan fingerprint density at radius 2 is 1.74 bits per heavy atom. The molecule has 0 heterocycles. The second-order valence-electron chi connectivity index (χ2n) is 4.95. The van der Waals surface area contributed by atoms with E-state index in [1.165, 1.54) is 35.7 Å². The van der Waals surface area contributed by atoms with E-state index < -0.39 is 10.0 Å². The Labute approximate surface area is 136 Å². The van der Waals surface area contributed by atoms with E-state index in [0.29, 0.717) is 12.2 Å². The van der Waals surface area contributed by atoms with Crippen LogP contribution in [0.15, 0.2) is 59.5 Å². The van der Waals surface area contributed by atoms with E-state index in [9.17, 15) is 8.42 Å². The van der Waals surface area contributed by atoms with Crippen LogP contribution in [0.3, 0.4) is 0 Å². The Morgan fingerprint density at radius 3 is 2.30 bits per heavy atom. The monoisotopic (exact) mass is 330 g/mol. The topological polar surface area (TPSA) is 70.4 Å². The average Bonchev–Trinajstić information content (AvgIpc) is 2.59. The van der Waals surface area contributed by atoms with Crippen molar-refractivity contribution in [2.75, 3.05) is 20.3 Å². The molecule has 0 bridgehead atoms. The first-order valence-electron chi connectivity index (χ1n) is 7.11. The molecule has 0 aliphatic rings. The highest BCUT2D eigenvalue weighted by Crippen LogP contribution is 2.19. The van der Waals surface area contributed by atoms with Gasteiger partial charge in [0.15, 0.2) is 0 Å². The molecular weight excluding hydrogens is 312 g/mol. The van der Waals surface area contributed by atoms with Crippen molar-refractivity contribution >= 4 is 10.0 Å². The lowest BCUT2D eigenvalue weighted by atomic mass is 10.2. The number of hydrogen-bond acceptors (Lipinski definition) is 4. The largest absolute Gasteiger partial charge is 0.383 e. The second kappa shape index (κ2) is 7.88. The van der Waals surface area contributed by atoms with Crippen LogP contribution in [-0.4, -0.2) is 33.0 Å². The lowest BCUT2D eigenvalue weighted by Crippen LogP contribution is -2.33. The maximum atomic E-state index is 12.8. The van der Waals surface area contributed by atoms with Crippen LogP contribution in [0.2, 0.25) is 0 Å². The Kier molecular flexibility index (Phi) is 5.88. The molecule has 0 amide bonds. The maximum Gasteiger partial charge on any atom is 0.243 e. The van der Waals surface area contributed by atoms with E-state index >= 15 is 0 Å². The van der Waals surface area contributed by atoms with Gasteiger partial charge in [0.05, 0.1) is 23.1 Å². The Morgan fingerprint density at radius 1 is 1.09 bits per heavy atom. The van der Waals surface area contributed by atoms with Crippen LogP contribution < -0.4 is 0 Å². The lowest BCUT2D eigenvalue weighted by molar-refractivity contribution is 0.177. The van der Waals surface area contributed by atoms with Crippen molar-refractivity contribution in [1.82, 2.24) is 4.31 Å². The van der Waals surface area contributed by atoms with E-state index in [-0.39, 0.29) is 18.0 Å². The zero-order chi connectivity index (χ0) is 16.7. The normalized spacial score (nSPS) is 11.3. The summed E-state index contributed by atoms with van der Waals surface area (Å²) in [4.78, 5) is 0.170. The summed E-state index contributed by atoms with van der Waals surface area (Å²) < 4.78 is 32.1. The highest BCUT2D eigenvalue weighted by molar-refractivity contribution is 7.89. The number of nitrogens with zero attached hydrogens (tertiary/aromatic N) is 2. The minimum absolute atomic E-state index is 0.170. The van der Waals surface area contributed by atoms with Gasteiger partial charge in [-0.3, -0.25) is 0 Å². The molecule has 0 radical (unpaired) electrons. The molecule has 6 heteroatoms. The molecule has 0 fully saturated rings. The number of ether oxygens (including phenoxy) is 1. The highest BCUT2D eigenvalue weighted by atomic mass is 32.2. The van der Waals surface area contributed by atoms with Gasteiger partial charge in [0, 0.05) is 20.2 Å². The summed E-state index contributed by atoms with van der Waals surface area (Å²) in [6.45, 7) is 0.836. The van der Waals surface area contributed by atoms with Gasteiger partial charge in [0.2, 0.25) is 10.0 Å².